The first-order chi connectivity index (χ1) is 12.7. The monoisotopic (exact) mass is 353 g/mol. The van der Waals surface area contributed by atoms with Gasteiger partial charge in [0.25, 0.3) is 0 Å². The topological polar surface area (TPSA) is 79.3 Å². The highest BCUT2D eigenvalue weighted by Crippen LogP contribution is 2.27. The number of hydrogen-bond donors (Lipinski definition) is 2. The number of benzene rings is 1. The fraction of sp³-hybridized carbons (Fsp3) is 0.421. The highest BCUT2D eigenvalue weighted by molar-refractivity contribution is 5.86. The molecule has 1 fully saturated rings. The number of aromatic nitrogens is 2. The third-order valence-corrected chi connectivity index (χ3v) is 5.01. The minimum atomic E-state index is -0.142. The second-order valence-electron chi connectivity index (χ2n) is 6.89. The molecule has 4 rings (SSSR count). The molecule has 3 heterocycles. The minimum Gasteiger partial charge on any atom is -0.349 e. The van der Waals surface area contributed by atoms with Gasteiger partial charge in [0.2, 0.25) is 11.8 Å². The van der Waals surface area contributed by atoms with Crippen molar-refractivity contribution in [1.82, 2.24) is 25.3 Å². The first kappa shape index (κ1) is 16.8. The van der Waals surface area contributed by atoms with E-state index in [1.165, 1.54) is 0 Å². The molecule has 0 bridgehead atoms. The maximum Gasteiger partial charge on any atom is 0.239 e. The van der Waals surface area contributed by atoms with Crippen molar-refractivity contribution >= 4 is 11.8 Å². The van der Waals surface area contributed by atoms with Crippen LogP contribution in [0.2, 0.25) is 0 Å². The number of likely N-dealkylation sites (tertiary alicyclic amines) is 1. The lowest BCUT2D eigenvalue weighted by atomic mass is 9.99. The van der Waals surface area contributed by atoms with E-state index in [0.29, 0.717) is 19.5 Å². The molecule has 1 aromatic carbocycles. The van der Waals surface area contributed by atoms with Crippen molar-refractivity contribution in [3.8, 4) is 0 Å². The molecule has 0 saturated carbocycles. The Hall–Kier alpha value is -2.67. The zero-order valence-corrected chi connectivity index (χ0v) is 14.6. The van der Waals surface area contributed by atoms with Crippen LogP contribution in [0.3, 0.4) is 0 Å². The molecule has 0 radical (unpaired) electrons. The second kappa shape index (κ2) is 7.29. The summed E-state index contributed by atoms with van der Waals surface area (Å²) in [4.78, 5) is 26.1. The van der Waals surface area contributed by atoms with E-state index in [1.807, 2.05) is 41.1 Å². The normalized spacial score (nSPS) is 19.5. The molecular weight excluding hydrogens is 330 g/mol. The van der Waals surface area contributed by atoms with Crippen LogP contribution in [0.5, 0.6) is 0 Å². The zero-order chi connectivity index (χ0) is 17.9. The molecule has 7 nitrogen and oxygen atoms in total. The summed E-state index contributed by atoms with van der Waals surface area (Å²) in [5.41, 5.74) is 3.15. The summed E-state index contributed by atoms with van der Waals surface area (Å²) in [7, 11) is 0. The number of carbonyl (C=O) groups is 2. The van der Waals surface area contributed by atoms with E-state index in [1.54, 1.807) is 4.90 Å². The van der Waals surface area contributed by atoms with Gasteiger partial charge in [-0.15, -0.1) is 0 Å². The lowest BCUT2D eigenvalue weighted by molar-refractivity contribution is -0.133. The van der Waals surface area contributed by atoms with Crippen molar-refractivity contribution in [3.05, 3.63) is 53.3 Å². The van der Waals surface area contributed by atoms with E-state index in [-0.39, 0.29) is 24.3 Å². The Morgan fingerprint density at radius 1 is 1.31 bits per heavy atom. The van der Waals surface area contributed by atoms with Crippen molar-refractivity contribution in [2.45, 2.75) is 32.0 Å². The maximum absolute atomic E-state index is 12.3. The molecule has 136 valence electrons. The van der Waals surface area contributed by atoms with Crippen LogP contribution in [-0.2, 0) is 29.2 Å². The van der Waals surface area contributed by atoms with Crippen LogP contribution in [0.25, 0.3) is 0 Å². The molecule has 26 heavy (non-hydrogen) atoms. The van der Waals surface area contributed by atoms with E-state index in [0.717, 1.165) is 36.6 Å². The molecule has 1 saturated heterocycles. The quantitative estimate of drug-likeness (QED) is 0.826. The first-order valence-corrected chi connectivity index (χ1v) is 9.05. The van der Waals surface area contributed by atoms with Crippen LogP contribution in [0.1, 0.15) is 29.3 Å². The summed E-state index contributed by atoms with van der Waals surface area (Å²) in [6, 6.07) is 12.0. The molecule has 2 aliphatic rings. The molecule has 2 aliphatic heterocycles. The summed E-state index contributed by atoms with van der Waals surface area (Å²) in [6.07, 6.45) is 0.470. The van der Waals surface area contributed by atoms with Crippen LogP contribution in [0.4, 0.5) is 0 Å². The summed E-state index contributed by atoms with van der Waals surface area (Å²) in [6.45, 7) is 3.68. The van der Waals surface area contributed by atoms with E-state index in [2.05, 4.69) is 15.7 Å². The Bertz CT molecular complexity index is 778. The first-order valence-electron chi connectivity index (χ1n) is 9.05. The summed E-state index contributed by atoms with van der Waals surface area (Å²) in [5.74, 6) is 0.0672. The molecule has 1 aromatic heterocycles. The van der Waals surface area contributed by atoms with Gasteiger partial charge in [-0.2, -0.15) is 5.10 Å². The number of fused-ring (bicyclic) bond motifs is 1. The van der Waals surface area contributed by atoms with Crippen molar-refractivity contribution in [1.29, 1.82) is 0 Å². The molecule has 1 atom stereocenters. The average molecular weight is 353 g/mol. The van der Waals surface area contributed by atoms with E-state index >= 15 is 0 Å². The lowest BCUT2D eigenvalue weighted by Gasteiger charge is -2.16. The Labute approximate surface area is 152 Å². The number of rotatable bonds is 5. The fourth-order valence-corrected chi connectivity index (χ4v) is 3.63. The van der Waals surface area contributed by atoms with Gasteiger partial charge < -0.3 is 15.5 Å². The predicted octanol–water partition coefficient (Wildman–Crippen LogP) is 0.619. The minimum absolute atomic E-state index is 0.0394. The van der Waals surface area contributed by atoms with Crippen molar-refractivity contribution in [2.24, 2.45) is 0 Å². The Morgan fingerprint density at radius 3 is 2.96 bits per heavy atom. The third kappa shape index (κ3) is 3.62. The number of carbonyl (C=O) groups excluding carboxylic acids is 2. The number of nitrogens with one attached hydrogen (secondary N) is 2. The molecule has 0 unspecified atom stereocenters. The predicted molar refractivity (Wildman–Crippen MR) is 96.2 cm³/mol. The van der Waals surface area contributed by atoms with E-state index in [9.17, 15) is 9.59 Å². The van der Waals surface area contributed by atoms with Gasteiger partial charge >= 0.3 is 0 Å². The van der Waals surface area contributed by atoms with E-state index in [4.69, 9.17) is 0 Å². The van der Waals surface area contributed by atoms with Crippen molar-refractivity contribution in [3.63, 3.8) is 0 Å². The molecule has 0 aliphatic carbocycles. The van der Waals surface area contributed by atoms with E-state index < -0.39 is 0 Å². The van der Waals surface area contributed by atoms with Gasteiger partial charge in [-0.3, -0.25) is 14.3 Å². The molecular formula is C19H23N5O2. The van der Waals surface area contributed by atoms with Crippen LogP contribution in [0.15, 0.2) is 36.4 Å². The SMILES string of the molecule is O=C(CN1C[C@@H](c2ccccc2)CC1=O)NCc1cc2n(n1)CCNC2. The Balaban J connectivity index is 1.29. The van der Waals surface area contributed by atoms with Gasteiger partial charge in [0, 0.05) is 32.0 Å². The highest BCUT2D eigenvalue weighted by atomic mass is 16.2. The number of amides is 2. The summed E-state index contributed by atoms with van der Waals surface area (Å²) < 4.78 is 1.98. The maximum atomic E-state index is 12.3. The molecule has 2 aromatic rings. The number of hydrogen-bond acceptors (Lipinski definition) is 4. The second-order valence-corrected chi connectivity index (χ2v) is 6.89. The third-order valence-electron chi connectivity index (χ3n) is 5.01. The smallest absolute Gasteiger partial charge is 0.239 e. The van der Waals surface area contributed by atoms with Gasteiger partial charge in [0.05, 0.1) is 31.0 Å². The zero-order valence-electron chi connectivity index (χ0n) is 14.6. The van der Waals surface area contributed by atoms with Gasteiger partial charge in [-0.1, -0.05) is 30.3 Å². The largest absolute Gasteiger partial charge is 0.349 e. The molecule has 2 amide bonds. The summed E-state index contributed by atoms with van der Waals surface area (Å²) in [5, 5.41) is 10.7. The van der Waals surface area contributed by atoms with Crippen LogP contribution < -0.4 is 10.6 Å². The van der Waals surface area contributed by atoms with Gasteiger partial charge in [-0.05, 0) is 11.6 Å². The Kier molecular flexibility index (Phi) is 4.71. The number of nitrogens with zero attached hydrogens (tertiary/aromatic N) is 3. The molecule has 0 spiro atoms. The lowest BCUT2D eigenvalue weighted by Crippen LogP contribution is -2.37. The molecule has 7 heteroatoms. The van der Waals surface area contributed by atoms with Gasteiger partial charge in [0.1, 0.15) is 0 Å². The summed E-state index contributed by atoms with van der Waals surface area (Å²) >= 11 is 0. The average Bonchev–Trinajstić information content (AvgIpc) is 3.24. The van der Waals surface area contributed by atoms with Gasteiger partial charge in [0.15, 0.2) is 0 Å². The van der Waals surface area contributed by atoms with Crippen LogP contribution >= 0.6 is 0 Å². The Morgan fingerprint density at radius 2 is 2.15 bits per heavy atom. The van der Waals surface area contributed by atoms with Crippen LogP contribution in [-0.4, -0.2) is 46.1 Å². The fourth-order valence-electron chi connectivity index (χ4n) is 3.63. The standard InChI is InChI=1S/C19H23N5O2/c25-18(21-10-16-9-17-11-20-6-7-24(17)22-16)13-23-12-15(8-19(23)26)14-4-2-1-3-5-14/h1-5,9,15,20H,6-8,10-13H2,(H,21,25)/t15-/m0/s1. The highest BCUT2D eigenvalue weighted by Gasteiger charge is 2.31. The van der Waals surface area contributed by atoms with Crippen molar-refractivity contribution in [2.75, 3.05) is 19.6 Å². The molecule has 2 N–H and O–H groups in total. The van der Waals surface area contributed by atoms with Gasteiger partial charge in [-0.25, -0.2) is 0 Å². The van der Waals surface area contributed by atoms with Crippen LogP contribution in [0, 0.1) is 0 Å². The van der Waals surface area contributed by atoms with Crippen molar-refractivity contribution < 1.29 is 9.59 Å².